The second-order valence-corrected chi connectivity index (χ2v) is 5.62. The molecule has 0 bridgehead atoms. The highest BCUT2D eigenvalue weighted by atomic mass is 16.2. The average molecular weight is 281 g/mol. The van der Waals surface area contributed by atoms with Crippen LogP contribution in [0.4, 0.5) is 0 Å². The van der Waals surface area contributed by atoms with Gasteiger partial charge in [-0.2, -0.15) is 0 Å². The minimum Gasteiger partial charge on any atom is -0.354 e. The molecule has 5 nitrogen and oxygen atoms in total. The quantitative estimate of drug-likeness (QED) is 0.506. The van der Waals surface area contributed by atoms with Crippen molar-refractivity contribution in [3.63, 3.8) is 0 Å². The van der Waals surface area contributed by atoms with E-state index < -0.39 is 0 Å². The maximum Gasteiger partial charge on any atom is 0.239 e. The van der Waals surface area contributed by atoms with Crippen LogP contribution in [0.25, 0.3) is 0 Å². The Kier molecular flexibility index (Phi) is 8.34. The number of hydrogen-bond donors (Lipinski definition) is 2. The zero-order valence-corrected chi connectivity index (χ0v) is 12.7. The zero-order chi connectivity index (χ0) is 14.8. The van der Waals surface area contributed by atoms with E-state index in [1.807, 2.05) is 0 Å². The van der Waals surface area contributed by atoms with Gasteiger partial charge in [0.1, 0.15) is 7.85 Å². The van der Waals surface area contributed by atoms with Crippen molar-refractivity contribution in [2.75, 3.05) is 26.2 Å². The third-order valence-corrected chi connectivity index (χ3v) is 3.95. The maximum absolute atomic E-state index is 11.9. The predicted octanol–water partition coefficient (Wildman–Crippen LogP) is -0.0883. The molecule has 1 rings (SSSR count). The number of nitrogens with one attached hydrogen (secondary N) is 1. The number of nitrogens with two attached hydrogens (primary N) is 1. The summed E-state index contributed by atoms with van der Waals surface area (Å²) in [5.41, 5.74) is 5.48. The largest absolute Gasteiger partial charge is 0.354 e. The summed E-state index contributed by atoms with van der Waals surface area (Å²) in [6.07, 6.45) is 8.01. The van der Waals surface area contributed by atoms with E-state index in [1.165, 1.54) is 38.5 Å². The second-order valence-electron chi connectivity index (χ2n) is 5.62. The van der Waals surface area contributed by atoms with Crippen LogP contribution in [0.3, 0.4) is 0 Å². The summed E-state index contributed by atoms with van der Waals surface area (Å²) in [5, 5.41) is 2.97. The average Bonchev–Trinajstić information content (AvgIpc) is 2.72. The monoisotopic (exact) mass is 281 g/mol. The van der Waals surface area contributed by atoms with E-state index in [1.54, 1.807) is 12.7 Å². The van der Waals surface area contributed by atoms with Crippen molar-refractivity contribution < 1.29 is 9.59 Å². The highest BCUT2D eigenvalue weighted by Crippen LogP contribution is 2.21. The molecule has 2 amide bonds. The van der Waals surface area contributed by atoms with Gasteiger partial charge in [0.25, 0.3) is 0 Å². The van der Waals surface area contributed by atoms with Gasteiger partial charge in [0.2, 0.25) is 11.8 Å². The molecule has 0 radical (unpaired) electrons. The Morgan fingerprint density at radius 2 is 1.85 bits per heavy atom. The lowest BCUT2D eigenvalue weighted by molar-refractivity contribution is -0.134. The van der Waals surface area contributed by atoms with Crippen molar-refractivity contribution in [1.82, 2.24) is 10.2 Å². The van der Waals surface area contributed by atoms with Crippen LogP contribution in [0.1, 0.15) is 38.5 Å². The van der Waals surface area contributed by atoms with Gasteiger partial charge in [-0.3, -0.25) is 9.59 Å². The van der Waals surface area contributed by atoms with Crippen LogP contribution in [0.15, 0.2) is 0 Å². The first-order valence-corrected chi connectivity index (χ1v) is 7.92. The molecule has 0 aromatic carbocycles. The van der Waals surface area contributed by atoms with Gasteiger partial charge >= 0.3 is 0 Å². The van der Waals surface area contributed by atoms with Gasteiger partial charge in [-0.1, -0.05) is 25.7 Å². The molecule has 114 valence electrons. The van der Waals surface area contributed by atoms with E-state index in [4.69, 9.17) is 5.73 Å². The van der Waals surface area contributed by atoms with E-state index in [0.29, 0.717) is 25.3 Å². The molecule has 20 heavy (non-hydrogen) atoms. The van der Waals surface area contributed by atoms with E-state index in [-0.39, 0.29) is 18.4 Å². The lowest BCUT2D eigenvalue weighted by Gasteiger charge is -2.22. The molecule has 0 unspecified atom stereocenters. The molecule has 3 N–H and O–H groups in total. The Bertz CT molecular complexity index is 305. The predicted molar refractivity (Wildman–Crippen MR) is 83.2 cm³/mol. The number of amides is 2. The van der Waals surface area contributed by atoms with Crippen molar-refractivity contribution in [2.24, 2.45) is 11.7 Å². The minimum atomic E-state index is -0.0653. The van der Waals surface area contributed by atoms with Gasteiger partial charge < -0.3 is 16.0 Å². The molecule has 0 aromatic rings. The van der Waals surface area contributed by atoms with Crippen LogP contribution in [-0.4, -0.2) is 50.7 Å². The fourth-order valence-corrected chi connectivity index (χ4v) is 2.73. The van der Waals surface area contributed by atoms with Crippen molar-refractivity contribution >= 4 is 19.7 Å². The van der Waals surface area contributed by atoms with Crippen LogP contribution >= 0.6 is 0 Å². The van der Waals surface area contributed by atoms with Gasteiger partial charge in [0.15, 0.2) is 0 Å². The summed E-state index contributed by atoms with van der Waals surface area (Å²) in [7, 11) is 1.80. The summed E-state index contributed by atoms with van der Waals surface area (Å²) in [4.78, 5) is 25.2. The first kappa shape index (κ1) is 17.0. The highest BCUT2D eigenvalue weighted by molar-refractivity contribution is 6.19. The summed E-state index contributed by atoms with van der Waals surface area (Å²) < 4.78 is 0. The van der Waals surface area contributed by atoms with E-state index in [0.717, 1.165) is 6.54 Å². The number of carbonyl (C=O) groups is 2. The smallest absolute Gasteiger partial charge is 0.239 e. The van der Waals surface area contributed by atoms with Crippen molar-refractivity contribution in [2.45, 2.75) is 44.8 Å². The van der Waals surface area contributed by atoms with Crippen LogP contribution in [0, 0.1) is 5.92 Å². The molecule has 0 atom stereocenters. The second kappa shape index (κ2) is 9.80. The standard InChI is InChI=1S/C14H28BN3O2/c15-9-14(20)18(8-7-16)11-13(19)17-10-12-5-3-1-2-4-6-12/h12H,1-11,15-16H2,(H,17,19). The van der Waals surface area contributed by atoms with E-state index >= 15 is 0 Å². The molecule has 1 saturated carbocycles. The molecule has 0 aromatic heterocycles. The molecule has 0 heterocycles. The minimum absolute atomic E-state index is 0.0138. The number of hydrogen-bond acceptors (Lipinski definition) is 3. The van der Waals surface area contributed by atoms with Gasteiger partial charge in [-0.15, -0.1) is 0 Å². The third kappa shape index (κ3) is 6.41. The van der Waals surface area contributed by atoms with Crippen LogP contribution in [0.2, 0.25) is 6.32 Å². The Balaban J connectivity index is 2.31. The van der Waals surface area contributed by atoms with Crippen LogP contribution in [-0.2, 0) is 9.59 Å². The van der Waals surface area contributed by atoms with Crippen molar-refractivity contribution in [3.05, 3.63) is 0 Å². The summed E-state index contributed by atoms with van der Waals surface area (Å²) >= 11 is 0. The summed E-state index contributed by atoms with van der Waals surface area (Å²) in [5.74, 6) is 0.524. The van der Waals surface area contributed by atoms with Gasteiger partial charge in [0.05, 0.1) is 6.54 Å². The molecule has 6 heteroatoms. The van der Waals surface area contributed by atoms with Crippen LogP contribution in [0.5, 0.6) is 0 Å². The SMILES string of the molecule is BCC(=O)N(CCN)CC(=O)NCC1CCCCCC1. The Morgan fingerprint density at radius 1 is 1.20 bits per heavy atom. The molecule has 1 fully saturated rings. The zero-order valence-electron chi connectivity index (χ0n) is 12.7. The van der Waals surface area contributed by atoms with Gasteiger partial charge in [-0.05, 0) is 25.1 Å². The third-order valence-electron chi connectivity index (χ3n) is 3.95. The molecular formula is C14H28BN3O2. The maximum atomic E-state index is 11.9. The Hall–Kier alpha value is -1.04. The molecule has 0 aliphatic heterocycles. The lowest BCUT2D eigenvalue weighted by Crippen LogP contribution is -2.43. The fraction of sp³-hybridized carbons (Fsp3) is 0.857. The first-order chi connectivity index (χ1) is 9.67. The Morgan fingerprint density at radius 3 is 2.40 bits per heavy atom. The fourth-order valence-electron chi connectivity index (χ4n) is 2.73. The van der Waals surface area contributed by atoms with E-state index in [9.17, 15) is 9.59 Å². The van der Waals surface area contributed by atoms with Gasteiger partial charge in [-0.25, -0.2) is 0 Å². The van der Waals surface area contributed by atoms with E-state index in [2.05, 4.69) is 5.32 Å². The topological polar surface area (TPSA) is 75.4 Å². The Labute approximate surface area is 123 Å². The molecular weight excluding hydrogens is 253 g/mol. The molecule has 1 aliphatic carbocycles. The molecule has 1 aliphatic rings. The number of nitrogens with zero attached hydrogens (tertiary/aromatic N) is 1. The van der Waals surface area contributed by atoms with Crippen molar-refractivity contribution in [3.8, 4) is 0 Å². The van der Waals surface area contributed by atoms with Crippen molar-refractivity contribution in [1.29, 1.82) is 0 Å². The first-order valence-electron chi connectivity index (χ1n) is 7.92. The molecule has 0 saturated heterocycles. The van der Waals surface area contributed by atoms with Gasteiger partial charge in [0, 0.05) is 19.6 Å². The summed E-state index contributed by atoms with van der Waals surface area (Å²) in [6, 6.07) is 0. The number of rotatable bonds is 7. The summed E-state index contributed by atoms with van der Waals surface area (Å²) in [6.45, 7) is 1.72. The van der Waals surface area contributed by atoms with Crippen LogP contribution < -0.4 is 11.1 Å². The highest BCUT2D eigenvalue weighted by Gasteiger charge is 2.17. The number of carbonyl (C=O) groups excluding carboxylic acids is 2. The normalized spacial score (nSPS) is 16.4. The molecule has 0 spiro atoms. The lowest BCUT2D eigenvalue weighted by atomic mass is 10.0.